The predicted octanol–water partition coefficient (Wildman–Crippen LogP) is 2.37. The van der Waals surface area contributed by atoms with Gasteiger partial charge in [0.05, 0.1) is 11.3 Å². The molecule has 0 bridgehead atoms. The van der Waals surface area contributed by atoms with Gasteiger partial charge in [-0.1, -0.05) is 0 Å². The quantitative estimate of drug-likeness (QED) is 0.628. The minimum atomic E-state index is 0.654. The maximum atomic E-state index is 5.38. The molecule has 1 aliphatic heterocycles. The highest BCUT2D eigenvalue weighted by atomic mass is 16.5. The summed E-state index contributed by atoms with van der Waals surface area (Å²) in [5.41, 5.74) is 2.12. The van der Waals surface area contributed by atoms with Crippen molar-refractivity contribution in [1.29, 1.82) is 0 Å². The summed E-state index contributed by atoms with van der Waals surface area (Å²) < 4.78 is 7.38. The summed E-state index contributed by atoms with van der Waals surface area (Å²) in [5, 5.41) is 0. The molecule has 0 amide bonds. The summed E-state index contributed by atoms with van der Waals surface area (Å²) in [7, 11) is 0. The molecule has 3 heteroatoms. The first-order chi connectivity index (χ1) is 6.95. The summed E-state index contributed by atoms with van der Waals surface area (Å²) in [6.45, 7) is 0. The molecule has 0 aromatic carbocycles. The first-order valence-corrected chi connectivity index (χ1v) is 4.41. The van der Waals surface area contributed by atoms with E-state index in [1.807, 2.05) is 41.2 Å². The van der Waals surface area contributed by atoms with Crippen molar-refractivity contribution in [3.8, 4) is 17.1 Å². The summed E-state index contributed by atoms with van der Waals surface area (Å²) >= 11 is 0. The lowest BCUT2D eigenvalue weighted by Gasteiger charge is -2.03. The van der Waals surface area contributed by atoms with E-state index in [1.54, 1.807) is 12.5 Å². The normalized spacial score (nSPS) is 12.6. The Labute approximate surface area is 81.3 Å². The second-order valence-corrected chi connectivity index (χ2v) is 3.06. The Morgan fingerprint density at radius 1 is 1.21 bits per heavy atom. The molecule has 0 radical (unpaired) electrons. The molecule has 68 valence electrons. The third-order valence-corrected chi connectivity index (χ3v) is 2.23. The van der Waals surface area contributed by atoms with Crippen molar-refractivity contribution in [1.82, 2.24) is 9.55 Å². The van der Waals surface area contributed by atoms with Crippen LogP contribution in [0.4, 0.5) is 0 Å². The lowest BCUT2D eigenvalue weighted by molar-refractivity contribution is 0.467. The molecule has 3 rings (SSSR count). The van der Waals surface area contributed by atoms with Crippen molar-refractivity contribution >= 4 is 6.20 Å². The molecule has 14 heavy (non-hydrogen) atoms. The smallest absolute Gasteiger partial charge is 0.227 e. The minimum absolute atomic E-state index is 0.654. The van der Waals surface area contributed by atoms with Crippen LogP contribution in [-0.4, -0.2) is 9.55 Å². The van der Waals surface area contributed by atoms with Gasteiger partial charge in [0.2, 0.25) is 5.88 Å². The van der Waals surface area contributed by atoms with Gasteiger partial charge >= 0.3 is 0 Å². The van der Waals surface area contributed by atoms with E-state index < -0.39 is 0 Å². The minimum Gasteiger partial charge on any atom is -0.445 e. The summed E-state index contributed by atoms with van der Waals surface area (Å²) in [6.07, 6.45) is 7.22. The lowest BCUT2D eigenvalue weighted by atomic mass is 10.2. The number of fused-ring (bicyclic) bond motifs is 3. The molecule has 3 nitrogen and oxygen atoms in total. The molecule has 0 N–H and O–H groups in total. The number of nitrogens with zero attached hydrogens (tertiary/aromatic N) is 2. The van der Waals surface area contributed by atoms with Crippen LogP contribution in [0.15, 0.2) is 42.9 Å². The van der Waals surface area contributed by atoms with Gasteiger partial charge in [-0.2, -0.15) is 0 Å². The number of pyridine rings is 1. The van der Waals surface area contributed by atoms with Crippen LogP contribution in [-0.2, 0) is 0 Å². The van der Waals surface area contributed by atoms with Crippen LogP contribution < -0.4 is 4.74 Å². The van der Waals surface area contributed by atoms with Crippen molar-refractivity contribution in [3.63, 3.8) is 0 Å². The van der Waals surface area contributed by atoms with E-state index in [-0.39, 0.29) is 0 Å². The number of hydrogen-bond acceptors (Lipinski definition) is 2. The summed E-state index contributed by atoms with van der Waals surface area (Å²) in [6, 6.07) is 7.95. The third kappa shape index (κ3) is 0.956. The van der Waals surface area contributed by atoms with Crippen LogP contribution in [0.3, 0.4) is 0 Å². The van der Waals surface area contributed by atoms with Crippen LogP contribution >= 0.6 is 0 Å². The average molecular weight is 184 g/mol. The number of rotatable bonds is 0. The Morgan fingerprint density at radius 3 is 3.21 bits per heavy atom. The van der Waals surface area contributed by atoms with Crippen molar-refractivity contribution < 1.29 is 4.74 Å². The molecule has 0 saturated carbocycles. The van der Waals surface area contributed by atoms with Gasteiger partial charge in [-0.15, -0.1) is 0 Å². The van der Waals surface area contributed by atoms with Gasteiger partial charge in [-0.05, 0) is 24.3 Å². The topological polar surface area (TPSA) is 27.1 Å². The summed E-state index contributed by atoms with van der Waals surface area (Å²) in [4.78, 5) is 4.17. The molecular formula is C11H8N2O. The highest BCUT2D eigenvalue weighted by Crippen LogP contribution is 2.30. The zero-order valence-corrected chi connectivity index (χ0v) is 7.42. The largest absolute Gasteiger partial charge is 0.445 e. The maximum Gasteiger partial charge on any atom is 0.227 e. The zero-order chi connectivity index (χ0) is 9.38. The standard InChI is InChI=1S/C11H8N2O/c1-3-9-10-4-2-6-13(10)7-8-14-11(9)12-5-1/h1-8H. The highest BCUT2D eigenvalue weighted by molar-refractivity contribution is 5.68. The van der Waals surface area contributed by atoms with Crippen LogP contribution in [0.2, 0.25) is 0 Å². The van der Waals surface area contributed by atoms with E-state index in [2.05, 4.69) is 4.98 Å². The zero-order valence-electron chi connectivity index (χ0n) is 7.42. The van der Waals surface area contributed by atoms with Gasteiger partial charge in [-0.25, -0.2) is 4.98 Å². The van der Waals surface area contributed by atoms with Gasteiger partial charge < -0.3 is 9.30 Å². The third-order valence-electron chi connectivity index (χ3n) is 2.23. The van der Waals surface area contributed by atoms with Crippen LogP contribution in [0.5, 0.6) is 5.88 Å². The molecule has 3 heterocycles. The molecule has 0 aliphatic carbocycles. The second-order valence-electron chi connectivity index (χ2n) is 3.06. The van der Waals surface area contributed by atoms with Crippen LogP contribution in [0.1, 0.15) is 0 Å². The lowest BCUT2D eigenvalue weighted by Crippen LogP contribution is -1.88. The van der Waals surface area contributed by atoms with Crippen molar-refractivity contribution in [2.45, 2.75) is 0 Å². The molecule has 0 spiro atoms. The molecule has 0 fully saturated rings. The Kier molecular flexibility index (Phi) is 1.44. The molecule has 0 saturated heterocycles. The van der Waals surface area contributed by atoms with Crippen molar-refractivity contribution in [2.75, 3.05) is 0 Å². The first-order valence-electron chi connectivity index (χ1n) is 4.41. The predicted molar refractivity (Wildman–Crippen MR) is 53.6 cm³/mol. The number of ether oxygens (including phenoxy) is 1. The molecular weight excluding hydrogens is 176 g/mol. The van der Waals surface area contributed by atoms with E-state index >= 15 is 0 Å². The number of hydrogen-bond donors (Lipinski definition) is 0. The van der Waals surface area contributed by atoms with Gasteiger partial charge in [0.25, 0.3) is 0 Å². The second kappa shape index (κ2) is 2.73. The van der Waals surface area contributed by atoms with Crippen LogP contribution in [0, 0.1) is 0 Å². The van der Waals surface area contributed by atoms with Crippen molar-refractivity contribution in [2.24, 2.45) is 0 Å². The van der Waals surface area contributed by atoms with Gasteiger partial charge in [0, 0.05) is 18.6 Å². The number of aromatic nitrogens is 2. The van der Waals surface area contributed by atoms with Crippen LogP contribution in [0.25, 0.3) is 17.5 Å². The molecule has 2 aromatic rings. The average Bonchev–Trinajstić information content (AvgIpc) is 2.61. The molecule has 0 unspecified atom stereocenters. The Morgan fingerprint density at radius 2 is 2.21 bits per heavy atom. The van der Waals surface area contributed by atoms with Crippen molar-refractivity contribution in [3.05, 3.63) is 42.9 Å². The fraction of sp³-hybridized carbons (Fsp3) is 0. The highest BCUT2D eigenvalue weighted by Gasteiger charge is 2.11. The van der Waals surface area contributed by atoms with E-state index in [4.69, 9.17) is 4.74 Å². The summed E-state index contributed by atoms with van der Waals surface area (Å²) in [5.74, 6) is 0.654. The van der Waals surface area contributed by atoms with E-state index in [0.717, 1.165) is 11.3 Å². The van der Waals surface area contributed by atoms with E-state index in [9.17, 15) is 0 Å². The van der Waals surface area contributed by atoms with Gasteiger partial charge in [-0.3, -0.25) is 0 Å². The maximum absolute atomic E-state index is 5.38. The Hall–Kier alpha value is -2.03. The Balaban J connectivity index is 2.33. The molecule has 2 aromatic heterocycles. The van der Waals surface area contributed by atoms with E-state index in [1.165, 1.54) is 0 Å². The SMILES string of the molecule is C1=Cn2cccc2-c2cccnc2O1. The molecule has 1 aliphatic rings. The fourth-order valence-corrected chi connectivity index (χ4v) is 1.59. The molecule has 0 atom stereocenters. The first kappa shape index (κ1) is 7.38. The van der Waals surface area contributed by atoms with Gasteiger partial charge in [0.1, 0.15) is 6.26 Å². The monoisotopic (exact) mass is 184 g/mol. The van der Waals surface area contributed by atoms with Gasteiger partial charge in [0.15, 0.2) is 0 Å². The fourth-order valence-electron chi connectivity index (χ4n) is 1.59. The van der Waals surface area contributed by atoms with E-state index in [0.29, 0.717) is 5.88 Å². The Bertz CT molecular complexity index is 499.